The van der Waals surface area contributed by atoms with Crippen molar-refractivity contribution >= 4 is 11.0 Å². The number of nitrogens with two attached hydrogens (primary N) is 1. The maximum absolute atomic E-state index is 6.10. The van der Waals surface area contributed by atoms with E-state index in [2.05, 4.69) is 61.0 Å². The summed E-state index contributed by atoms with van der Waals surface area (Å²) in [6.45, 7) is 4.16. The number of aromatic amines is 1. The molecule has 0 saturated carbocycles. The van der Waals surface area contributed by atoms with E-state index in [1.165, 1.54) is 5.56 Å². The Bertz CT molecular complexity index is 536. The number of rotatable bonds is 5. The Morgan fingerprint density at radius 2 is 2.11 bits per heavy atom. The molecule has 0 bridgehead atoms. The van der Waals surface area contributed by atoms with E-state index in [1.54, 1.807) is 6.33 Å². The highest BCUT2D eigenvalue weighted by molar-refractivity contribution is 5.75. The van der Waals surface area contributed by atoms with E-state index in [9.17, 15) is 0 Å². The average molecular weight is 260 g/mol. The number of hydrogen-bond donors (Lipinski definition) is 2. The van der Waals surface area contributed by atoms with E-state index in [0.717, 1.165) is 23.9 Å². The first-order chi connectivity index (χ1) is 8.87. The van der Waals surface area contributed by atoms with Gasteiger partial charge in [-0.15, -0.1) is 0 Å². The van der Waals surface area contributed by atoms with E-state index < -0.39 is 0 Å². The summed E-state index contributed by atoms with van der Waals surface area (Å²) in [5, 5.41) is 0. The zero-order chi connectivity index (χ0) is 14.0. The van der Waals surface area contributed by atoms with Gasteiger partial charge in [-0.3, -0.25) is 0 Å². The van der Waals surface area contributed by atoms with Crippen molar-refractivity contribution in [3.05, 3.63) is 30.1 Å². The molecule has 2 aromatic rings. The van der Waals surface area contributed by atoms with Crippen LogP contribution >= 0.6 is 0 Å². The fourth-order valence-electron chi connectivity index (χ4n) is 2.39. The molecule has 1 heterocycles. The number of H-pyrrole nitrogens is 1. The van der Waals surface area contributed by atoms with Gasteiger partial charge in [-0.1, -0.05) is 6.07 Å². The minimum absolute atomic E-state index is 0.119. The van der Waals surface area contributed by atoms with Gasteiger partial charge >= 0.3 is 0 Å². The summed E-state index contributed by atoms with van der Waals surface area (Å²) < 4.78 is 0. The van der Waals surface area contributed by atoms with Crippen molar-refractivity contribution in [2.75, 3.05) is 14.1 Å². The van der Waals surface area contributed by atoms with Crippen molar-refractivity contribution in [3.8, 4) is 0 Å². The van der Waals surface area contributed by atoms with Crippen LogP contribution in [0, 0.1) is 0 Å². The Hall–Kier alpha value is -1.39. The van der Waals surface area contributed by atoms with Crippen LogP contribution in [0.4, 0.5) is 0 Å². The van der Waals surface area contributed by atoms with E-state index in [1.807, 2.05) is 0 Å². The lowest BCUT2D eigenvalue weighted by Gasteiger charge is -2.28. The van der Waals surface area contributed by atoms with Gasteiger partial charge in [0.25, 0.3) is 0 Å². The summed E-state index contributed by atoms with van der Waals surface area (Å²) in [6, 6.07) is 6.81. The number of nitrogens with one attached hydrogen (secondary N) is 1. The highest BCUT2D eigenvalue weighted by Gasteiger charge is 2.19. The average Bonchev–Trinajstić information content (AvgIpc) is 2.74. The summed E-state index contributed by atoms with van der Waals surface area (Å²) in [7, 11) is 4.23. The molecule has 2 rings (SSSR count). The number of hydrogen-bond acceptors (Lipinski definition) is 3. The molecule has 1 aromatic carbocycles. The Morgan fingerprint density at radius 3 is 2.74 bits per heavy atom. The molecule has 0 aliphatic heterocycles. The third-order valence-corrected chi connectivity index (χ3v) is 3.51. The number of aromatic nitrogens is 2. The van der Waals surface area contributed by atoms with Crippen LogP contribution in [0.5, 0.6) is 0 Å². The zero-order valence-electron chi connectivity index (χ0n) is 12.3. The van der Waals surface area contributed by atoms with E-state index in [4.69, 9.17) is 5.73 Å². The highest BCUT2D eigenvalue weighted by Crippen LogP contribution is 2.27. The molecule has 19 heavy (non-hydrogen) atoms. The molecule has 0 radical (unpaired) electrons. The van der Waals surface area contributed by atoms with Crippen LogP contribution in [0.2, 0.25) is 0 Å². The van der Waals surface area contributed by atoms with Gasteiger partial charge in [0.2, 0.25) is 0 Å². The van der Waals surface area contributed by atoms with Crippen LogP contribution < -0.4 is 5.73 Å². The summed E-state index contributed by atoms with van der Waals surface area (Å²) >= 11 is 0. The van der Waals surface area contributed by atoms with Crippen molar-refractivity contribution in [3.63, 3.8) is 0 Å². The van der Waals surface area contributed by atoms with Crippen LogP contribution in [-0.2, 0) is 0 Å². The first-order valence-corrected chi connectivity index (χ1v) is 6.75. The van der Waals surface area contributed by atoms with Gasteiger partial charge in [0.15, 0.2) is 0 Å². The third-order valence-electron chi connectivity index (χ3n) is 3.51. The van der Waals surface area contributed by atoms with Gasteiger partial charge in [0, 0.05) is 11.6 Å². The van der Waals surface area contributed by atoms with Crippen LogP contribution in [-0.4, -0.2) is 34.5 Å². The summed E-state index contributed by atoms with van der Waals surface area (Å²) in [5.41, 5.74) is 9.40. The van der Waals surface area contributed by atoms with Crippen LogP contribution in [0.1, 0.15) is 38.3 Å². The Balaban J connectivity index is 2.22. The van der Waals surface area contributed by atoms with Crippen molar-refractivity contribution < 1.29 is 0 Å². The first-order valence-electron chi connectivity index (χ1n) is 6.75. The van der Waals surface area contributed by atoms with Gasteiger partial charge in [-0.25, -0.2) is 4.98 Å². The molecular formula is C15H24N4. The lowest BCUT2D eigenvalue weighted by atomic mass is 9.93. The topological polar surface area (TPSA) is 57.9 Å². The molecule has 104 valence electrons. The van der Waals surface area contributed by atoms with E-state index in [-0.39, 0.29) is 5.54 Å². The standard InChI is InChI=1S/C15H24N4/c1-15(2,16)8-7-14(19(3)4)11-5-6-12-13(9-11)18-10-17-12/h5-6,9-10,14H,7-8,16H2,1-4H3,(H,17,18). The number of fused-ring (bicyclic) bond motifs is 1. The highest BCUT2D eigenvalue weighted by atomic mass is 15.1. The molecule has 4 nitrogen and oxygen atoms in total. The van der Waals surface area contributed by atoms with Crippen LogP contribution in [0.3, 0.4) is 0 Å². The monoisotopic (exact) mass is 260 g/mol. The smallest absolute Gasteiger partial charge is 0.0931 e. The van der Waals surface area contributed by atoms with Crippen LogP contribution in [0.15, 0.2) is 24.5 Å². The molecule has 1 atom stereocenters. The molecule has 0 aliphatic carbocycles. The molecule has 0 saturated heterocycles. The summed E-state index contributed by atoms with van der Waals surface area (Å²) in [4.78, 5) is 9.69. The SMILES string of the molecule is CN(C)C(CCC(C)(C)N)c1ccc2nc[nH]c2c1. The normalized spacial score (nSPS) is 14.2. The number of imidazole rings is 1. The van der Waals surface area contributed by atoms with Crippen molar-refractivity contribution in [2.45, 2.75) is 38.3 Å². The molecule has 4 heteroatoms. The summed E-state index contributed by atoms with van der Waals surface area (Å²) in [6.07, 6.45) is 3.79. The van der Waals surface area contributed by atoms with Gasteiger partial charge in [0.05, 0.1) is 17.4 Å². The molecule has 0 fully saturated rings. The maximum atomic E-state index is 6.10. The molecule has 1 unspecified atom stereocenters. The van der Waals surface area contributed by atoms with Crippen molar-refractivity contribution in [1.82, 2.24) is 14.9 Å². The second-order valence-corrected chi connectivity index (χ2v) is 6.19. The van der Waals surface area contributed by atoms with Crippen LogP contribution in [0.25, 0.3) is 11.0 Å². The van der Waals surface area contributed by atoms with Gasteiger partial charge in [0.1, 0.15) is 0 Å². The van der Waals surface area contributed by atoms with Gasteiger partial charge < -0.3 is 15.6 Å². The quantitative estimate of drug-likeness (QED) is 0.869. The minimum Gasteiger partial charge on any atom is -0.345 e. The molecule has 0 amide bonds. The Kier molecular flexibility index (Phi) is 3.92. The second-order valence-electron chi connectivity index (χ2n) is 6.19. The van der Waals surface area contributed by atoms with E-state index >= 15 is 0 Å². The van der Waals surface area contributed by atoms with Gasteiger partial charge in [-0.2, -0.15) is 0 Å². The summed E-state index contributed by atoms with van der Waals surface area (Å²) in [5.74, 6) is 0. The zero-order valence-corrected chi connectivity index (χ0v) is 12.3. The predicted octanol–water partition coefficient (Wildman–Crippen LogP) is 2.68. The predicted molar refractivity (Wildman–Crippen MR) is 80.0 cm³/mol. The molecule has 3 N–H and O–H groups in total. The molecule has 1 aromatic heterocycles. The third kappa shape index (κ3) is 3.55. The maximum Gasteiger partial charge on any atom is 0.0931 e. The fourth-order valence-corrected chi connectivity index (χ4v) is 2.39. The van der Waals surface area contributed by atoms with Gasteiger partial charge in [-0.05, 0) is 58.5 Å². The van der Waals surface area contributed by atoms with Crippen molar-refractivity contribution in [2.24, 2.45) is 5.73 Å². The number of nitrogens with zero attached hydrogens (tertiary/aromatic N) is 2. The first kappa shape index (κ1) is 14.0. The lowest BCUT2D eigenvalue weighted by molar-refractivity contribution is 0.261. The molecule has 0 spiro atoms. The van der Waals surface area contributed by atoms with E-state index in [0.29, 0.717) is 6.04 Å². The Morgan fingerprint density at radius 1 is 1.37 bits per heavy atom. The largest absolute Gasteiger partial charge is 0.345 e. The fraction of sp³-hybridized carbons (Fsp3) is 0.533. The van der Waals surface area contributed by atoms with Crippen molar-refractivity contribution in [1.29, 1.82) is 0 Å². The lowest BCUT2D eigenvalue weighted by Crippen LogP contribution is -2.33. The molecular weight excluding hydrogens is 236 g/mol. The Labute approximate surface area is 115 Å². The second kappa shape index (κ2) is 5.31. The minimum atomic E-state index is -0.119. The number of benzene rings is 1. The molecule has 0 aliphatic rings.